The van der Waals surface area contributed by atoms with Gasteiger partial charge in [0.05, 0.1) is 19.3 Å². The van der Waals surface area contributed by atoms with E-state index in [1.807, 2.05) is 27.7 Å². The molecule has 0 aliphatic heterocycles. The average molecular weight is 223 g/mol. The number of aliphatic hydroxyl groups is 2. The van der Waals surface area contributed by atoms with Crippen molar-refractivity contribution >= 4 is 0 Å². The van der Waals surface area contributed by atoms with Gasteiger partial charge >= 0.3 is 0 Å². The Morgan fingerprint density at radius 1 is 1.13 bits per heavy atom. The maximum Gasteiger partial charge on any atom is 0.0783 e. The Balaban J connectivity index is -0.000000318. The molecule has 0 saturated heterocycles. The predicted octanol–water partition coefficient (Wildman–Crippen LogP) is 1.02. The van der Waals surface area contributed by atoms with Gasteiger partial charge in [-0.2, -0.15) is 0 Å². The lowest BCUT2D eigenvalue weighted by Gasteiger charge is -2.07. The van der Waals surface area contributed by atoms with Crippen molar-refractivity contribution in [3.8, 4) is 0 Å². The second-order valence-electron chi connectivity index (χ2n) is 2.37. The number of methoxy groups -OCH3 is 1. The van der Waals surface area contributed by atoms with E-state index in [-0.39, 0.29) is 6.61 Å². The maximum atomic E-state index is 8.89. The lowest BCUT2D eigenvalue weighted by Crippen LogP contribution is -2.25. The first-order chi connectivity index (χ1) is 7.31. The van der Waals surface area contributed by atoms with Crippen LogP contribution < -0.4 is 5.32 Å². The Kier molecular flexibility index (Phi) is 31.9. The zero-order valence-electron chi connectivity index (χ0n) is 10.9. The minimum Gasteiger partial charge on any atom is -0.394 e. The monoisotopic (exact) mass is 223 g/mol. The molecule has 4 heteroatoms. The fourth-order valence-electron chi connectivity index (χ4n) is 0.659. The van der Waals surface area contributed by atoms with Crippen LogP contribution in [0.5, 0.6) is 0 Å². The number of aliphatic hydroxyl groups excluding tert-OH is 2. The van der Waals surface area contributed by atoms with E-state index in [2.05, 4.69) is 5.32 Å². The molecule has 0 aromatic heterocycles. The van der Waals surface area contributed by atoms with E-state index in [1.54, 1.807) is 7.11 Å². The molecule has 0 fully saturated rings. The molecule has 0 radical (unpaired) electrons. The first kappa shape index (κ1) is 20.3. The predicted molar refractivity (Wildman–Crippen MR) is 65.2 cm³/mol. The van der Waals surface area contributed by atoms with Crippen LogP contribution in [0.1, 0.15) is 34.1 Å². The Hall–Kier alpha value is -0.160. The summed E-state index contributed by atoms with van der Waals surface area (Å²) in [5.74, 6) is 0. The summed E-state index contributed by atoms with van der Waals surface area (Å²) in [5, 5.41) is 20.4. The molecule has 0 bridgehead atoms. The molecule has 1 unspecified atom stereocenters. The summed E-state index contributed by atoms with van der Waals surface area (Å²) in [6.07, 6.45) is -0.00901. The number of hydrogen-bond donors (Lipinski definition) is 3. The SMILES string of the molecule is CC.CC.COCCNCCC(O)CO. The van der Waals surface area contributed by atoms with E-state index in [4.69, 9.17) is 14.9 Å². The van der Waals surface area contributed by atoms with Crippen LogP contribution in [0.3, 0.4) is 0 Å². The highest BCUT2D eigenvalue weighted by Crippen LogP contribution is 1.86. The molecule has 0 aromatic carbocycles. The fourth-order valence-corrected chi connectivity index (χ4v) is 0.659. The van der Waals surface area contributed by atoms with Crippen LogP contribution in [0.4, 0.5) is 0 Å². The molecular formula is C11H29NO3. The standard InChI is InChI=1S/C7H17NO3.2C2H6/c1-11-5-4-8-3-2-7(10)6-9;2*1-2/h7-10H,2-6H2,1H3;2*1-2H3. The van der Waals surface area contributed by atoms with Crippen molar-refractivity contribution < 1.29 is 14.9 Å². The summed E-state index contributed by atoms with van der Waals surface area (Å²) >= 11 is 0. The summed E-state index contributed by atoms with van der Waals surface area (Å²) in [4.78, 5) is 0. The van der Waals surface area contributed by atoms with E-state index in [9.17, 15) is 0 Å². The van der Waals surface area contributed by atoms with Gasteiger partial charge in [-0.1, -0.05) is 27.7 Å². The van der Waals surface area contributed by atoms with E-state index in [1.165, 1.54) is 0 Å². The van der Waals surface area contributed by atoms with Gasteiger partial charge in [-0.3, -0.25) is 0 Å². The Morgan fingerprint density at radius 2 is 1.67 bits per heavy atom. The molecule has 0 aliphatic carbocycles. The van der Waals surface area contributed by atoms with Crippen molar-refractivity contribution in [1.29, 1.82) is 0 Å². The summed E-state index contributed by atoms with van der Waals surface area (Å²) in [6, 6.07) is 0. The highest BCUT2D eigenvalue weighted by molar-refractivity contribution is 4.55. The minimum atomic E-state index is -0.593. The van der Waals surface area contributed by atoms with Crippen LogP contribution in [0.25, 0.3) is 0 Å². The molecule has 0 spiro atoms. The molecule has 1 atom stereocenters. The molecule has 4 nitrogen and oxygen atoms in total. The van der Waals surface area contributed by atoms with Gasteiger partial charge in [0.1, 0.15) is 0 Å². The van der Waals surface area contributed by atoms with Gasteiger partial charge in [-0.15, -0.1) is 0 Å². The lowest BCUT2D eigenvalue weighted by atomic mass is 10.3. The van der Waals surface area contributed by atoms with Crippen molar-refractivity contribution in [3.05, 3.63) is 0 Å². The van der Waals surface area contributed by atoms with Crippen molar-refractivity contribution in [3.63, 3.8) is 0 Å². The molecule has 15 heavy (non-hydrogen) atoms. The van der Waals surface area contributed by atoms with Crippen molar-refractivity contribution in [1.82, 2.24) is 5.32 Å². The normalized spacial score (nSPS) is 10.6. The molecule has 0 amide bonds. The van der Waals surface area contributed by atoms with E-state index in [0.29, 0.717) is 19.6 Å². The number of hydrogen-bond acceptors (Lipinski definition) is 4. The molecular weight excluding hydrogens is 194 g/mol. The summed E-state index contributed by atoms with van der Waals surface area (Å²) < 4.78 is 4.80. The topological polar surface area (TPSA) is 61.7 Å². The van der Waals surface area contributed by atoms with E-state index in [0.717, 1.165) is 6.54 Å². The summed E-state index contributed by atoms with van der Waals surface area (Å²) in [6.45, 7) is 10.0. The largest absolute Gasteiger partial charge is 0.394 e. The fraction of sp³-hybridized carbons (Fsp3) is 1.00. The van der Waals surface area contributed by atoms with Gasteiger partial charge in [0.2, 0.25) is 0 Å². The van der Waals surface area contributed by atoms with E-state index < -0.39 is 6.10 Å². The molecule has 0 rings (SSSR count). The van der Waals surface area contributed by atoms with Crippen molar-refractivity contribution in [2.45, 2.75) is 40.2 Å². The summed E-state index contributed by atoms with van der Waals surface area (Å²) in [7, 11) is 1.64. The first-order valence-electron chi connectivity index (χ1n) is 5.79. The smallest absolute Gasteiger partial charge is 0.0783 e. The Labute approximate surface area is 94.7 Å². The Bertz CT molecular complexity index is 82.2. The Morgan fingerprint density at radius 3 is 2.07 bits per heavy atom. The second kappa shape index (κ2) is 23.6. The van der Waals surface area contributed by atoms with Gasteiger partial charge in [-0.05, 0) is 13.0 Å². The molecule has 3 N–H and O–H groups in total. The zero-order chi connectivity index (χ0) is 12.5. The highest BCUT2D eigenvalue weighted by atomic mass is 16.5. The van der Waals surface area contributed by atoms with Crippen LogP contribution in [0.15, 0.2) is 0 Å². The van der Waals surface area contributed by atoms with Gasteiger partial charge in [0.25, 0.3) is 0 Å². The van der Waals surface area contributed by atoms with Crippen LogP contribution in [0.2, 0.25) is 0 Å². The first-order valence-corrected chi connectivity index (χ1v) is 5.79. The van der Waals surface area contributed by atoms with E-state index >= 15 is 0 Å². The van der Waals surface area contributed by atoms with Gasteiger partial charge in [0.15, 0.2) is 0 Å². The van der Waals surface area contributed by atoms with Gasteiger partial charge in [0, 0.05) is 13.7 Å². The minimum absolute atomic E-state index is 0.161. The van der Waals surface area contributed by atoms with Crippen LogP contribution in [-0.2, 0) is 4.74 Å². The number of rotatable bonds is 7. The molecule has 0 aliphatic rings. The van der Waals surface area contributed by atoms with Crippen molar-refractivity contribution in [2.24, 2.45) is 0 Å². The van der Waals surface area contributed by atoms with Gasteiger partial charge in [-0.25, -0.2) is 0 Å². The third-order valence-corrected chi connectivity index (χ3v) is 1.35. The number of nitrogens with one attached hydrogen (secondary N) is 1. The van der Waals surface area contributed by atoms with Gasteiger partial charge < -0.3 is 20.3 Å². The number of ether oxygens (including phenoxy) is 1. The third-order valence-electron chi connectivity index (χ3n) is 1.35. The molecule has 96 valence electrons. The van der Waals surface area contributed by atoms with Crippen molar-refractivity contribution in [2.75, 3.05) is 33.4 Å². The van der Waals surface area contributed by atoms with Crippen LogP contribution in [0, 0.1) is 0 Å². The van der Waals surface area contributed by atoms with Crippen LogP contribution in [-0.4, -0.2) is 49.7 Å². The maximum absolute atomic E-state index is 8.89. The van der Waals surface area contributed by atoms with Crippen LogP contribution >= 0.6 is 0 Å². The molecule has 0 heterocycles. The second-order valence-corrected chi connectivity index (χ2v) is 2.37. The quantitative estimate of drug-likeness (QED) is 0.564. The zero-order valence-corrected chi connectivity index (χ0v) is 10.9. The summed E-state index contributed by atoms with van der Waals surface area (Å²) in [5.41, 5.74) is 0. The average Bonchev–Trinajstić information content (AvgIpc) is 2.33. The molecule has 0 saturated carbocycles. The highest BCUT2D eigenvalue weighted by Gasteiger charge is 1.99. The third kappa shape index (κ3) is 24.8. The molecule has 0 aromatic rings. The lowest BCUT2D eigenvalue weighted by molar-refractivity contribution is 0.0877.